The molecule has 1 aliphatic heterocycles. The summed E-state index contributed by atoms with van der Waals surface area (Å²) in [5.74, 6) is -0.211. The molecule has 1 heterocycles. The van der Waals surface area contributed by atoms with Gasteiger partial charge < -0.3 is 5.41 Å². The van der Waals surface area contributed by atoms with E-state index in [1.165, 1.54) is 5.56 Å². The predicted molar refractivity (Wildman–Crippen MR) is 63.2 cm³/mol. The van der Waals surface area contributed by atoms with Gasteiger partial charge in [0.1, 0.15) is 0 Å². The highest BCUT2D eigenvalue weighted by atomic mass is 15.1. The van der Waals surface area contributed by atoms with Crippen molar-refractivity contribution < 1.29 is 0 Å². The van der Waals surface area contributed by atoms with Crippen molar-refractivity contribution in [2.24, 2.45) is 5.92 Å². The van der Waals surface area contributed by atoms with E-state index in [4.69, 9.17) is 10.7 Å². The van der Waals surface area contributed by atoms with Crippen molar-refractivity contribution in [3.05, 3.63) is 35.9 Å². The predicted octanol–water partition coefficient (Wildman–Crippen LogP) is 2.05. The summed E-state index contributed by atoms with van der Waals surface area (Å²) in [6.45, 7) is 2.47. The van der Waals surface area contributed by atoms with Crippen LogP contribution in [0.4, 0.5) is 0 Å². The van der Waals surface area contributed by atoms with Crippen molar-refractivity contribution >= 4 is 5.71 Å². The van der Waals surface area contributed by atoms with E-state index in [0.29, 0.717) is 12.3 Å². The van der Waals surface area contributed by atoms with Gasteiger partial charge in [0.2, 0.25) is 0 Å². The molecule has 16 heavy (non-hydrogen) atoms. The highest BCUT2D eigenvalue weighted by Crippen LogP contribution is 2.15. The molecule has 0 amide bonds. The summed E-state index contributed by atoms with van der Waals surface area (Å²) in [5.41, 5.74) is 1.86. The fourth-order valence-corrected chi connectivity index (χ4v) is 2.02. The van der Waals surface area contributed by atoms with Gasteiger partial charge in [-0.1, -0.05) is 30.3 Å². The van der Waals surface area contributed by atoms with Gasteiger partial charge in [0, 0.05) is 25.3 Å². The van der Waals surface area contributed by atoms with E-state index in [1.807, 2.05) is 18.2 Å². The molecule has 82 valence electrons. The Balaban J connectivity index is 1.97. The maximum absolute atomic E-state index is 8.93. The lowest BCUT2D eigenvalue weighted by Gasteiger charge is -2.30. The Bertz CT molecular complexity index is 405. The van der Waals surface area contributed by atoms with E-state index < -0.39 is 0 Å². The minimum absolute atomic E-state index is 0.211. The fraction of sp³-hybridized carbons (Fsp3) is 0.385. The highest BCUT2D eigenvalue weighted by Gasteiger charge is 2.23. The second-order valence-corrected chi connectivity index (χ2v) is 4.18. The van der Waals surface area contributed by atoms with Gasteiger partial charge in [0.05, 0.1) is 12.0 Å². The molecule has 0 spiro atoms. The SMILES string of the molecule is N#CC1CN(Cc2ccccc2)CCC1=N. The third kappa shape index (κ3) is 2.47. The first-order chi connectivity index (χ1) is 7.79. The van der Waals surface area contributed by atoms with Gasteiger partial charge in [-0.15, -0.1) is 0 Å². The number of hydrogen-bond donors (Lipinski definition) is 1. The van der Waals surface area contributed by atoms with Crippen LogP contribution in [0.25, 0.3) is 0 Å². The van der Waals surface area contributed by atoms with E-state index in [9.17, 15) is 0 Å². The van der Waals surface area contributed by atoms with Crippen LogP contribution >= 0.6 is 0 Å². The molecule has 1 fully saturated rings. The van der Waals surface area contributed by atoms with Gasteiger partial charge in [0.25, 0.3) is 0 Å². The Morgan fingerprint density at radius 2 is 2.12 bits per heavy atom. The normalized spacial score (nSPS) is 21.7. The zero-order chi connectivity index (χ0) is 11.4. The lowest BCUT2D eigenvalue weighted by molar-refractivity contribution is 0.247. The molecule has 0 aromatic heterocycles. The minimum atomic E-state index is -0.211. The van der Waals surface area contributed by atoms with Crippen LogP contribution in [0.5, 0.6) is 0 Å². The molecular weight excluding hydrogens is 198 g/mol. The Morgan fingerprint density at radius 1 is 1.38 bits per heavy atom. The molecule has 1 unspecified atom stereocenters. The Kier molecular flexibility index (Phi) is 3.33. The smallest absolute Gasteiger partial charge is 0.0965 e. The molecule has 1 saturated heterocycles. The average Bonchev–Trinajstić information content (AvgIpc) is 2.33. The molecule has 1 aromatic rings. The first kappa shape index (κ1) is 10.8. The van der Waals surface area contributed by atoms with E-state index >= 15 is 0 Å². The van der Waals surface area contributed by atoms with Crippen molar-refractivity contribution in [3.63, 3.8) is 0 Å². The number of likely N-dealkylation sites (tertiary alicyclic amines) is 1. The molecule has 1 aromatic carbocycles. The van der Waals surface area contributed by atoms with Crippen molar-refractivity contribution in [3.8, 4) is 6.07 Å². The van der Waals surface area contributed by atoms with Crippen molar-refractivity contribution in [2.45, 2.75) is 13.0 Å². The van der Waals surface area contributed by atoms with Crippen LogP contribution in [0.15, 0.2) is 30.3 Å². The van der Waals surface area contributed by atoms with Crippen molar-refractivity contribution in [1.82, 2.24) is 4.90 Å². The number of hydrogen-bond acceptors (Lipinski definition) is 3. The van der Waals surface area contributed by atoms with Gasteiger partial charge in [-0.2, -0.15) is 5.26 Å². The maximum atomic E-state index is 8.93. The summed E-state index contributed by atoms with van der Waals surface area (Å²) in [7, 11) is 0. The van der Waals surface area contributed by atoms with Crippen LogP contribution in [-0.4, -0.2) is 23.7 Å². The second kappa shape index (κ2) is 4.91. The number of rotatable bonds is 2. The van der Waals surface area contributed by atoms with Crippen molar-refractivity contribution in [2.75, 3.05) is 13.1 Å². The first-order valence-electron chi connectivity index (χ1n) is 5.53. The topological polar surface area (TPSA) is 50.9 Å². The van der Waals surface area contributed by atoms with Gasteiger partial charge in [-0.05, 0) is 12.0 Å². The van der Waals surface area contributed by atoms with Crippen LogP contribution in [0.2, 0.25) is 0 Å². The third-order valence-electron chi connectivity index (χ3n) is 2.96. The van der Waals surface area contributed by atoms with Gasteiger partial charge >= 0.3 is 0 Å². The molecule has 0 bridgehead atoms. The first-order valence-corrected chi connectivity index (χ1v) is 5.53. The lowest BCUT2D eigenvalue weighted by Crippen LogP contribution is -2.39. The summed E-state index contributed by atoms with van der Waals surface area (Å²) in [6, 6.07) is 12.5. The van der Waals surface area contributed by atoms with Crippen LogP contribution in [0.3, 0.4) is 0 Å². The molecule has 3 nitrogen and oxygen atoms in total. The Hall–Kier alpha value is -1.66. The monoisotopic (exact) mass is 213 g/mol. The summed E-state index contributed by atoms with van der Waals surface area (Å²) in [6.07, 6.45) is 0.727. The van der Waals surface area contributed by atoms with Gasteiger partial charge in [-0.3, -0.25) is 4.90 Å². The second-order valence-electron chi connectivity index (χ2n) is 4.18. The molecule has 1 atom stereocenters. The molecule has 0 saturated carbocycles. The number of nitrogens with zero attached hydrogens (tertiary/aromatic N) is 2. The highest BCUT2D eigenvalue weighted by molar-refractivity contribution is 5.87. The quantitative estimate of drug-likeness (QED) is 0.817. The number of nitrogens with one attached hydrogen (secondary N) is 1. The number of benzene rings is 1. The van der Waals surface area contributed by atoms with E-state index in [2.05, 4.69) is 23.1 Å². The standard InChI is InChI=1S/C13H15N3/c14-8-12-10-16(7-6-13(12)15)9-11-4-2-1-3-5-11/h1-5,12,15H,6-7,9-10H2. The van der Waals surface area contributed by atoms with Crippen LogP contribution in [0, 0.1) is 22.7 Å². The molecular formula is C13H15N3. The molecule has 0 radical (unpaired) electrons. The molecule has 2 rings (SSSR count). The zero-order valence-corrected chi connectivity index (χ0v) is 9.19. The zero-order valence-electron chi connectivity index (χ0n) is 9.19. The van der Waals surface area contributed by atoms with Crippen LogP contribution < -0.4 is 0 Å². The fourth-order valence-electron chi connectivity index (χ4n) is 2.02. The number of piperidine rings is 1. The summed E-state index contributed by atoms with van der Waals surface area (Å²) in [5, 5.41) is 16.6. The van der Waals surface area contributed by atoms with Crippen molar-refractivity contribution in [1.29, 1.82) is 10.7 Å². The molecule has 3 heteroatoms. The molecule has 1 N–H and O–H groups in total. The maximum Gasteiger partial charge on any atom is 0.0965 e. The Morgan fingerprint density at radius 3 is 2.81 bits per heavy atom. The third-order valence-corrected chi connectivity index (χ3v) is 2.96. The summed E-state index contributed by atoms with van der Waals surface area (Å²) >= 11 is 0. The van der Waals surface area contributed by atoms with Crippen LogP contribution in [-0.2, 0) is 6.54 Å². The van der Waals surface area contributed by atoms with E-state index in [1.54, 1.807) is 0 Å². The lowest BCUT2D eigenvalue weighted by atomic mass is 9.97. The minimum Gasteiger partial charge on any atom is -0.308 e. The molecule has 1 aliphatic rings. The Labute approximate surface area is 95.8 Å². The summed E-state index contributed by atoms with van der Waals surface area (Å²) < 4.78 is 0. The van der Waals surface area contributed by atoms with Gasteiger partial charge in [-0.25, -0.2) is 0 Å². The van der Waals surface area contributed by atoms with E-state index in [-0.39, 0.29) is 5.92 Å². The van der Waals surface area contributed by atoms with Gasteiger partial charge in [0.15, 0.2) is 0 Å². The van der Waals surface area contributed by atoms with Crippen LogP contribution in [0.1, 0.15) is 12.0 Å². The van der Waals surface area contributed by atoms with E-state index in [0.717, 1.165) is 19.5 Å². The molecule has 0 aliphatic carbocycles. The summed E-state index contributed by atoms with van der Waals surface area (Å²) in [4.78, 5) is 2.25. The largest absolute Gasteiger partial charge is 0.308 e. The average molecular weight is 213 g/mol. The number of nitriles is 1.